The van der Waals surface area contributed by atoms with Crippen LogP contribution in [0.5, 0.6) is 0 Å². The number of rotatable bonds is 1. The third-order valence-electron chi connectivity index (χ3n) is 3.01. The Morgan fingerprint density at radius 3 is 2.37 bits per heavy atom. The minimum atomic E-state index is -0.540. The summed E-state index contributed by atoms with van der Waals surface area (Å²) in [6.45, 7) is 6.96. The molecule has 0 saturated carbocycles. The van der Waals surface area contributed by atoms with Gasteiger partial charge in [0.05, 0.1) is 5.56 Å². The molecule has 4 heteroatoms. The molecule has 2 rings (SSSR count). The highest BCUT2D eigenvalue weighted by molar-refractivity contribution is 6.12. The second-order valence-corrected chi connectivity index (χ2v) is 5.58. The molecule has 1 N–H and O–H groups in total. The number of nitrogens with zero attached hydrogens (tertiary/aromatic N) is 1. The lowest BCUT2D eigenvalue weighted by molar-refractivity contribution is -0.129. The molecule has 0 aliphatic heterocycles. The molecule has 1 aromatic heterocycles. The van der Waals surface area contributed by atoms with Crippen molar-refractivity contribution in [3.63, 3.8) is 0 Å². The number of hydrogen-bond acceptors (Lipinski definition) is 2. The van der Waals surface area contributed by atoms with Gasteiger partial charge in [-0.3, -0.25) is 14.5 Å². The van der Waals surface area contributed by atoms with E-state index in [1.54, 1.807) is 6.20 Å². The van der Waals surface area contributed by atoms with E-state index in [1.165, 1.54) is 11.8 Å². The topological polar surface area (TPSA) is 53.2 Å². The maximum absolute atomic E-state index is 12.6. The average molecular weight is 258 g/mol. The van der Waals surface area contributed by atoms with E-state index in [0.29, 0.717) is 5.56 Å². The maximum atomic E-state index is 12.6. The minimum absolute atomic E-state index is 0.247. The zero-order valence-corrected chi connectivity index (χ0v) is 11.7. The van der Waals surface area contributed by atoms with Crippen molar-refractivity contribution < 1.29 is 9.59 Å². The molecule has 1 heterocycles. The van der Waals surface area contributed by atoms with E-state index < -0.39 is 5.54 Å². The lowest BCUT2D eigenvalue weighted by atomic mass is 10.0. The van der Waals surface area contributed by atoms with Gasteiger partial charge < -0.3 is 4.98 Å². The van der Waals surface area contributed by atoms with Gasteiger partial charge >= 0.3 is 0 Å². The van der Waals surface area contributed by atoms with Gasteiger partial charge in [-0.25, -0.2) is 0 Å². The molecule has 0 saturated heterocycles. The first-order valence-electron chi connectivity index (χ1n) is 6.23. The summed E-state index contributed by atoms with van der Waals surface area (Å²) in [6, 6.07) is 7.56. The molecule has 0 fully saturated rings. The van der Waals surface area contributed by atoms with E-state index in [0.717, 1.165) is 10.9 Å². The van der Waals surface area contributed by atoms with E-state index in [9.17, 15) is 9.59 Å². The van der Waals surface area contributed by atoms with Gasteiger partial charge in [0.25, 0.3) is 5.91 Å². The van der Waals surface area contributed by atoms with Gasteiger partial charge in [-0.15, -0.1) is 0 Å². The van der Waals surface area contributed by atoms with Crippen LogP contribution in [0, 0.1) is 0 Å². The SMILES string of the molecule is CC(=O)N(C(=O)c1c[nH]c2ccccc12)C(C)(C)C. The van der Waals surface area contributed by atoms with E-state index in [2.05, 4.69) is 4.98 Å². The molecular weight excluding hydrogens is 240 g/mol. The summed E-state index contributed by atoms with van der Waals surface area (Å²) in [5.74, 6) is -0.514. The first-order valence-corrected chi connectivity index (χ1v) is 6.23. The molecule has 0 spiro atoms. The first-order chi connectivity index (χ1) is 8.82. The molecule has 0 bridgehead atoms. The van der Waals surface area contributed by atoms with Gasteiger partial charge in [0.1, 0.15) is 0 Å². The molecule has 1 aromatic carbocycles. The van der Waals surface area contributed by atoms with Crippen molar-refractivity contribution in [3.8, 4) is 0 Å². The molecule has 100 valence electrons. The highest BCUT2D eigenvalue weighted by Crippen LogP contribution is 2.23. The smallest absolute Gasteiger partial charge is 0.263 e. The Hall–Kier alpha value is -2.10. The summed E-state index contributed by atoms with van der Waals surface area (Å²) < 4.78 is 0. The van der Waals surface area contributed by atoms with E-state index in [4.69, 9.17) is 0 Å². The highest BCUT2D eigenvalue weighted by Gasteiger charge is 2.31. The molecule has 0 radical (unpaired) electrons. The summed E-state index contributed by atoms with van der Waals surface area (Å²) in [4.78, 5) is 28.7. The molecule has 2 aromatic rings. The van der Waals surface area contributed by atoms with Crippen molar-refractivity contribution in [3.05, 3.63) is 36.0 Å². The largest absolute Gasteiger partial charge is 0.360 e. The summed E-state index contributed by atoms with van der Waals surface area (Å²) in [7, 11) is 0. The molecule has 0 aliphatic rings. The third-order valence-corrected chi connectivity index (χ3v) is 3.01. The highest BCUT2D eigenvalue weighted by atomic mass is 16.2. The number of aromatic amines is 1. The zero-order valence-electron chi connectivity index (χ0n) is 11.7. The van der Waals surface area contributed by atoms with E-state index in [-0.39, 0.29) is 11.8 Å². The second kappa shape index (κ2) is 4.53. The molecule has 0 unspecified atom stereocenters. The zero-order chi connectivity index (χ0) is 14.2. The number of carbonyl (C=O) groups is 2. The van der Waals surface area contributed by atoms with Crippen molar-refractivity contribution in [1.82, 2.24) is 9.88 Å². The van der Waals surface area contributed by atoms with Crippen molar-refractivity contribution in [2.24, 2.45) is 0 Å². The molecule has 4 nitrogen and oxygen atoms in total. The number of fused-ring (bicyclic) bond motifs is 1. The van der Waals surface area contributed by atoms with Crippen LogP contribution in [-0.2, 0) is 4.79 Å². The fourth-order valence-corrected chi connectivity index (χ4v) is 2.29. The number of para-hydroxylation sites is 1. The molecule has 0 aliphatic carbocycles. The third kappa shape index (κ3) is 2.38. The van der Waals surface area contributed by atoms with Crippen LogP contribution in [0.3, 0.4) is 0 Å². The van der Waals surface area contributed by atoms with Crippen LogP contribution in [0.1, 0.15) is 38.1 Å². The van der Waals surface area contributed by atoms with Crippen LogP contribution >= 0.6 is 0 Å². The molecule has 0 atom stereocenters. The molecular formula is C15H18N2O2. The Kier molecular flexibility index (Phi) is 3.18. The number of imide groups is 1. The fourth-order valence-electron chi connectivity index (χ4n) is 2.29. The number of carbonyl (C=O) groups excluding carboxylic acids is 2. The predicted molar refractivity (Wildman–Crippen MR) is 74.9 cm³/mol. The average Bonchev–Trinajstić information content (AvgIpc) is 2.69. The summed E-state index contributed by atoms with van der Waals surface area (Å²) in [6.07, 6.45) is 1.66. The lowest BCUT2D eigenvalue weighted by Gasteiger charge is -2.32. The van der Waals surface area contributed by atoms with Crippen LogP contribution in [0.4, 0.5) is 0 Å². The molecule has 19 heavy (non-hydrogen) atoms. The Morgan fingerprint density at radius 2 is 1.79 bits per heavy atom. The van der Waals surface area contributed by atoms with Gasteiger partial charge in [-0.05, 0) is 26.8 Å². The van der Waals surface area contributed by atoms with Crippen molar-refractivity contribution in [2.75, 3.05) is 0 Å². The Labute approximate surface area is 112 Å². The fraction of sp³-hybridized carbons (Fsp3) is 0.333. The van der Waals surface area contributed by atoms with Crippen molar-refractivity contribution in [2.45, 2.75) is 33.2 Å². The van der Waals surface area contributed by atoms with Crippen LogP contribution in [0.25, 0.3) is 10.9 Å². The number of benzene rings is 1. The van der Waals surface area contributed by atoms with Crippen molar-refractivity contribution >= 4 is 22.7 Å². The number of nitrogens with one attached hydrogen (secondary N) is 1. The van der Waals surface area contributed by atoms with Crippen LogP contribution in [0.2, 0.25) is 0 Å². The van der Waals surface area contributed by atoms with Gasteiger partial charge in [-0.1, -0.05) is 18.2 Å². The summed E-state index contributed by atoms with van der Waals surface area (Å²) >= 11 is 0. The second-order valence-electron chi connectivity index (χ2n) is 5.58. The van der Waals surface area contributed by atoms with Gasteiger partial charge in [0.2, 0.25) is 5.91 Å². The standard InChI is InChI=1S/C15H18N2O2/c1-10(18)17(15(2,3)4)14(19)12-9-16-13-8-6-5-7-11(12)13/h5-9,16H,1-4H3. The van der Waals surface area contributed by atoms with Crippen LogP contribution in [0.15, 0.2) is 30.5 Å². The van der Waals surface area contributed by atoms with Gasteiger partial charge in [0, 0.05) is 29.6 Å². The number of aromatic nitrogens is 1. The van der Waals surface area contributed by atoms with Crippen LogP contribution < -0.4 is 0 Å². The minimum Gasteiger partial charge on any atom is -0.360 e. The number of amides is 2. The van der Waals surface area contributed by atoms with Crippen LogP contribution in [-0.4, -0.2) is 27.2 Å². The summed E-state index contributed by atoms with van der Waals surface area (Å²) in [5.41, 5.74) is 0.880. The number of H-pyrrole nitrogens is 1. The van der Waals surface area contributed by atoms with Crippen molar-refractivity contribution in [1.29, 1.82) is 0 Å². The Bertz CT molecular complexity index is 635. The maximum Gasteiger partial charge on any atom is 0.263 e. The van der Waals surface area contributed by atoms with Gasteiger partial charge in [0.15, 0.2) is 0 Å². The van der Waals surface area contributed by atoms with Gasteiger partial charge in [-0.2, -0.15) is 0 Å². The lowest BCUT2D eigenvalue weighted by Crippen LogP contribution is -2.48. The number of hydrogen-bond donors (Lipinski definition) is 1. The van der Waals surface area contributed by atoms with E-state index >= 15 is 0 Å². The Morgan fingerprint density at radius 1 is 1.16 bits per heavy atom. The molecule has 2 amide bonds. The predicted octanol–water partition coefficient (Wildman–Crippen LogP) is 2.96. The monoisotopic (exact) mass is 258 g/mol. The first kappa shape index (κ1) is 13.3. The summed E-state index contributed by atoms with van der Waals surface area (Å²) in [5, 5.41) is 0.836. The normalized spacial score (nSPS) is 11.6. The quantitative estimate of drug-likeness (QED) is 0.855. The van der Waals surface area contributed by atoms with E-state index in [1.807, 2.05) is 45.0 Å². The Balaban J connectivity index is 2.51.